The van der Waals surface area contributed by atoms with Gasteiger partial charge in [0.15, 0.2) is 5.11 Å². The summed E-state index contributed by atoms with van der Waals surface area (Å²) < 4.78 is 5.58. The van der Waals surface area contributed by atoms with Gasteiger partial charge in [-0.1, -0.05) is 36.4 Å². The van der Waals surface area contributed by atoms with E-state index >= 15 is 0 Å². The predicted molar refractivity (Wildman–Crippen MR) is 101 cm³/mol. The number of anilines is 1. The summed E-state index contributed by atoms with van der Waals surface area (Å²) in [6.07, 6.45) is 1.99. The summed E-state index contributed by atoms with van der Waals surface area (Å²) in [5.41, 5.74) is 2.37. The Morgan fingerprint density at radius 1 is 1.12 bits per heavy atom. The van der Waals surface area contributed by atoms with Gasteiger partial charge in [-0.2, -0.15) is 0 Å². The second-order valence-electron chi connectivity index (χ2n) is 6.23. The Hall–Kier alpha value is -1.98. The molecule has 4 nitrogen and oxygen atoms in total. The van der Waals surface area contributed by atoms with Crippen LogP contribution in [-0.2, 0) is 10.2 Å². The standard InChI is InChI=1S/C19H23N3OS/c1-15-6-5-9-17(21-15)22-18(24)20-14-19(10-12-23-13-11-19)16-7-3-2-4-8-16/h2-9H,10-14H2,1H3,(H2,20,21,22,24). The van der Waals surface area contributed by atoms with E-state index in [4.69, 9.17) is 17.0 Å². The molecular weight excluding hydrogens is 318 g/mol. The summed E-state index contributed by atoms with van der Waals surface area (Å²) >= 11 is 5.45. The highest BCUT2D eigenvalue weighted by molar-refractivity contribution is 7.80. The second kappa shape index (κ2) is 7.73. The first-order valence-corrected chi connectivity index (χ1v) is 8.71. The van der Waals surface area contributed by atoms with E-state index in [9.17, 15) is 0 Å². The number of benzene rings is 1. The Labute approximate surface area is 148 Å². The van der Waals surface area contributed by atoms with Crippen LogP contribution < -0.4 is 10.6 Å². The summed E-state index contributed by atoms with van der Waals surface area (Å²) in [6.45, 7) is 4.33. The Kier molecular flexibility index (Phi) is 5.43. The van der Waals surface area contributed by atoms with E-state index in [1.807, 2.05) is 25.1 Å². The minimum Gasteiger partial charge on any atom is -0.381 e. The van der Waals surface area contributed by atoms with E-state index in [2.05, 4.69) is 45.9 Å². The van der Waals surface area contributed by atoms with Gasteiger partial charge in [0.1, 0.15) is 5.82 Å². The Morgan fingerprint density at radius 2 is 1.88 bits per heavy atom. The fourth-order valence-electron chi connectivity index (χ4n) is 3.14. The molecule has 0 spiro atoms. The number of ether oxygens (including phenoxy) is 1. The predicted octanol–water partition coefficient (Wildman–Crippen LogP) is 3.42. The van der Waals surface area contributed by atoms with Gasteiger partial charge in [-0.15, -0.1) is 0 Å². The van der Waals surface area contributed by atoms with Crippen molar-refractivity contribution in [3.8, 4) is 0 Å². The molecule has 1 fully saturated rings. The Balaban J connectivity index is 1.66. The van der Waals surface area contributed by atoms with Crippen molar-refractivity contribution in [3.63, 3.8) is 0 Å². The van der Waals surface area contributed by atoms with Crippen molar-refractivity contribution in [1.82, 2.24) is 10.3 Å². The van der Waals surface area contributed by atoms with Gasteiger partial charge in [0, 0.05) is 30.9 Å². The maximum Gasteiger partial charge on any atom is 0.171 e. The summed E-state index contributed by atoms with van der Waals surface area (Å²) in [5, 5.41) is 7.16. The number of aromatic nitrogens is 1. The first-order chi connectivity index (χ1) is 11.7. The molecule has 0 radical (unpaired) electrons. The Morgan fingerprint density at radius 3 is 2.58 bits per heavy atom. The zero-order chi connectivity index (χ0) is 16.8. The molecule has 0 bridgehead atoms. The number of nitrogens with one attached hydrogen (secondary N) is 2. The zero-order valence-corrected chi connectivity index (χ0v) is 14.7. The van der Waals surface area contributed by atoms with E-state index in [1.54, 1.807) is 0 Å². The van der Waals surface area contributed by atoms with Gasteiger partial charge >= 0.3 is 0 Å². The van der Waals surface area contributed by atoms with Crippen LogP contribution in [0.4, 0.5) is 5.82 Å². The van der Waals surface area contributed by atoms with Crippen LogP contribution in [0.5, 0.6) is 0 Å². The molecule has 126 valence electrons. The lowest BCUT2D eigenvalue weighted by molar-refractivity contribution is 0.0515. The van der Waals surface area contributed by atoms with Crippen molar-refractivity contribution in [2.75, 3.05) is 25.1 Å². The van der Waals surface area contributed by atoms with E-state index in [-0.39, 0.29) is 5.41 Å². The number of nitrogens with zero attached hydrogens (tertiary/aromatic N) is 1. The van der Waals surface area contributed by atoms with Crippen molar-refractivity contribution in [1.29, 1.82) is 0 Å². The van der Waals surface area contributed by atoms with E-state index in [1.165, 1.54) is 5.56 Å². The van der Waals surface area contributed by atoms with Crippen LogP contribution in [0.1, 0.15) is 24.1 Å². The highest BCUT2D eigenvalue weighted by atomic mass is 32.1. The maximum atomic E-state index is 5.58. The van der Waals surface area contributed by atoms with Gasteiger partial charge in [0.05, 0.1) is 0 Å². The first kappa shape index (κ1) is 16.9. The number of hydrogen-bond acceptors (Lipinski definition) is 3. The van der Waals surface area contributed by atoms with Crippen LogP contribution in [0.25, 0.3) is 0 Å². The monoisotopic (exact) mass is 341 g/mol. The van der Waals surface area contributed by atoms with Crippen molar-refractivity contribution in [2.45, 2.75) is 25.2 Å². The molecule has 0 saturated carbocycles. The molecule has 0 atom stereocenters. The fourth-order valence-corrected chi connectivity index (χ4v) is 3.32. The SMILES string of the molecule is Cc1cccc(NC(=S)NCC2(c3ccccc3)CCOCC2)n1. The minimum absolute atomic E-state index is 0.0608. The van der Waals surface area contributed by atoms with Crippen molar-refractivity contribution in [3.05, 3.63) is 59.8 Å². The normalized spacial score (nSPS) is 16.4. The van der Waals surface area contributed by atoms with Gasteiger partial charge in [0.25, 0.3) is 0 Å². The van der Waals surface area contributed by atoms with Gasteiger partial charge in [-0.25, -0.2) is 4.98 Å². The highest BCUT2D eigenvalue weighted by Gasteiger charge is 2.34. The molecule has 1 aliphatic rings. The number of hydrogen-bond donors (Lipinski definition) is 2. The molecule has 0 amide bonds. The number of thiocarbonyl (C=S) groups is 1. The average molecular weight is 341 g/mol. The quantitative estimate of drug-likeness (QED) is 0.835. The molecule has 2 aromatic rings. The summed E-state index contributed by atoms with van der Waals surface area (Å²) in [6, 6.07) is 16.5. The molecule has 1 aliphatic heterocycles. The lowest BCUT2D eigenvalue weighted by Gasteiger charge is -2.38. The van der Waals surface area contributed by atoms with Gasteiger partial charge in [-0.05, 0) is 49.7 Å². The van der Waals surface area contributed by atoms with E-state index in [0.29, 0.717) is 5.11 Å². The number of pyridine rings is 1. The molecule has 1 aromatic carbocycles. The molecule has 0 aliphatic carbocycles. The molecule has 24 heavy (non-hydrogen) atoms. The zero-order valence-electron chi connectivity index (χ0n) is 13.9. The lowest BCUT2D eigenvalue weighted by Crippen LogP contribution is -2.45. The molecule has 2 N–H and O–H groups in total. The number of aryl methyl sites for hydroxylation is 1. The largest absolute Gasteiger partial charge is 0.381 e. The van der Waals surface area contributed by atoms with Crippen LogP contribution in [0.15, 0.2) is 48.5 Å². The molecule has 5 heteroatoms. The second-order valence-corrected chi connectivity index (χ2v) is 6.64. The molecule has 1 aromatic heterocycles. The summed E-state index contributed by atoms with van der Waals surface area (Å²) in [7, 11) is 0. The third-order valence-electron chi connectivity index (χ3n) is 4.55. The lowest BCUT2D eigenvalue weighted by atomic mass is 9.74. The Bertz CT molecular complexity index is 684. The topological polar surface area (TPSA) is 46.2 Å². The van der Waals surface area contributed by atoms with Crippen molar-refractivity contribution in [2.24, 2.45) is 0 Å². The van der Waals surface area contributed by atoms with Gasteiger partial charge in [0.2, 0.25) is 0 Å². The van der Waals surface area contributed by atoms with Crippen LogP contribution in [0, 0.1) is 6.92 Å². The third kappa shape index (κ3) is 4.10. The summed E-state index contributed by atoms with van der Waals surface area (Å²) in [4.78, 5) is 4.42. The minimum atomic E-state index is 0.0608. The molecule has 3 rings (SSSR count). The smallest absolute Gasteiger partial charge is 0.171 e. The van der Waals surface area contributed by atoms with Crippen molar-refractivity contribution >= 4 is 23.1 Å². The van der Waals surface area contributed by atoms with Gasteiger partial charge in [-0.3, -0.25) is 0 Å². The average Bonchev–Trinajstić information content (AvgIpc) is 2.62. The molecule has 0 unspecified atom stereocenters. The van der Waals surface area contributed by atoms with E-state index in [0.717, 1.165) is 44.1 Å². The maximum absolute atomic E-state index is 5.58. The first-order valence-electron chi connectivity index (χ1n) is 8.30. The molecule has 1 saturated heterocycles. The molecular formula is C19H23N3OS. The van der Waals surface area contributed by atoms with Crippen LogP contribution in [0.2, 0.25) is 0 Å². The highest BCUT2D eigenvalue weighted by Crippen LogP contribution is 2.34. The molecule has 2 heterocycles. The van der Waals surface area contributed by atoms with Crippen LogP contribution >= 0.6 is 12.2 Å². The number of rotatable bonds is 4. The van der Waals surface area contributed by atoms with Crippen LogP contribution in [-0.4, -0.2) is 29.9 Å². The fraction of sp³-hybridized carbons (Fsp3) is 0.368. The third-order valence-corrected chi connectivity index (χ3v) is 4.80. The van der Waals surface area contributed by atoms with E-state index < -0.39 is 0 Å². The van der Waals surface area contributed by atoms with Crippen molar-refractivity contribution < 1.29 is 4.74 Å². The van der Waals surface area contributed by atoms with Gasteiger partial charge < -0.3 is 15.4 Å². The van der Waals surface area contributed by atoms with Crippen LogP contribution in [0.3, 0.4) is 0 Å². The summed E-state index contributed by atoms with van der Waals surface area (Å²) in [5.74, 6) is 0.772.